The van der Waals surface area contributed by atoms with E-state index in [9.17, 15) is 19.2 Å². The third-order valence-electron chi connectivity index (χ3n) is 8.72. The molecule has 5 aromatic carbocycles. The highest BCUT2D eigenvalue weighted by Gasteiger charge is 2.33. The number of fused-ring (bicyclic) bond motifs is 2. The third kappa shape index (κ3) is 12.6. The van der Waals surface area contributed by atoms with Crippen LogP contribution in [0.25, 0.3) is 32.3 Å². The van der Waals surface area contributed by atoms with Crippen molar-refractivity contribution in [2.24, 2.45) is 0 Å². The number of nitrogens with one attached hydrogen (secondary N) is 2. The molecule has 0 saturated carbocycles. The number of alkyl carbamates (subject to hydrolysis) is 1. The molecule has 0 aliphatic carbocycles. The number of amides is 3. The Labute approximate surface area is 336 Å². The van der Waals surface area contributed by atoms with Gasteiger partial charge >= 0.3 is 6.09 Å². The van der Waals surface area contributed by atoms with Crippen molar-refractivity contribution >= 4 is 62.2 Å². The van der Waals surface area contributed by atoms with Gasteiger partial charge in [0, 0.05) is 54.2 Å². The number of hydrogen-bond donors (Lipinski definition) is 2. The van der Waals surface area contributed by atoms with Crippen molar-refractivity contribution < 1.29 is 38.1 Å². The first-order valence-corrected chi connectivity index (χ1v) is 19.6. The Balaban J connectivity index is 0.000000295. The molecule has 11 nitrogen and oxygen atoms in total. The quantitative estimate of drug-likeness (QED) is 0.0436. The van der Waals surface area contributed by atoms with Gasteiger partial charge in [-0.2, -0.15) is 0 Å². The van der Waals surface area contributed by atoms with Gasteiger partial charge in [-0.25, -0.2) is 4.79 Å². The number of nitrogens with zero attached hydrogens (tertiary/aromatic N) is 1. The van der Waals surface area contributed by atoms with Crippen molar-refractivity contribution in [3.63, 3.8) is 0 Å². The van der Waals surface area contributed by atoms with Crippen LogP contribution in [0.4, 0.5) is 10.5 Å². The molecule has 1 aliphatic heterocycles. The van der Waals surface area contributed by atoms with Crippen LogP contribution >= 0.6 is 0 Å². The number of carbonyl (C=O) groups is 4. The highest BCUT2D eigenvalue weighted by molar-refractivity contribution is 6.26. The number of unbranched alkanes of at least 4 members (excludes halogenated alkanes) is 1. The van der Waals surface area contributed by atoms with Gasteiger partial charge < -0.3 is 34.4 Å². The first kappa shape index (κ1) is 44.4. The fourth-order valence-electron chi connectivity index (χ4n) is 6.34. The van der Waals surface area contributed by atoms with Crippen LogP contribution in [0.5, 0.6) is 0 Å². The van der Waals surface area contributed by atoms with E-state index in [2.05, 4.69) is 79.1 Å². The molecular formula is C46H57N3O8. The van der Waals surface area contributed by atoms with Crippen molar-refractivity contribution in [1.82, 2.24) is 10.2 Å². The molecule has 11 heteroatoms. The maximum atomic E-state index is 13.1. The van der Waals surface area contributed by atoms with Gasteiger partial charge in [0.25, 0.3) is 11.8 Å². The molecule has 0 atom stereocenters. The van der Waals surface area contributed by atoms with Crippen molar-refractivity contribution in [2.45, 2.75) is 66.1 Å². The molecule has 304 valence electrons. The summed E-state index contributed by atoms with van der Waals surface area (Å²) in [5.41, 5.74) is 2.50. The van der Waals surface area contributed by atoms with Crippen molar-refractivity contribution in [3.05, 3.63) is 102 Å². The summed E-state index contributed by atoms with van der Waals surface area (Å²) in [5, 5.41) is 12.5. The summed E-state index contributed by atoms with van der Waals surface area (Å²) in [5.74, 6) is -0.705. The fourth-order valence-corrected chi connectivity index (χ4v) is 6.34. The van der Waals surface area contributed by atoms with Gasteiger partial charge in [-0.3, -0.25) is 14.5 Å². The summed E-state index contributed by atoms with van der Waals surface area (Å²) < 4.78 is 21.5. The zero-order chi connectivity index (χ0) is 41.2. The molecule has 0 radical (unpaired) electrons. The Morgan fingerprint density at radius 3 is 1.96 bits per heavy atom. The molecule has 2 N–H and O–H groups in total. The Morgan fingerprint density at radius 2 is 1.35 bits per heavy atom. The van der Waals surface area contributed by atoms with E-state index in [0.717, 1.165) is 17.4 Å². The molecule has 0 fully saturated rings. The Kier molecular flexibility index (Phi) is 17.4. The number of rotatable bonds is 16. The molecule has 0 saturated heterocycles. The van der Waals surface area contributed by atoms with Crippen molar-refractivity contribution in [3.8, 4) is 0 Å². The zero-order valence-corrected chi connectivity index (χ0v) is 34.2. The number of hydrogen-bond acceptors (Lipinski definition) is 9. The number of ether oxygens (including phenoxy) is 4. The van der Waals surface area contributed by atoms with Crippen LogP contribution in [0.3, 0.4) is 0 Å². The second-order valence-corrected chi connectivity index (χ2v) is 14.5. The van der Waals surface area contributed by atoms with Crippen molar-refractivity contribution in [1.29, 1.82) is 0 Å². The lowest BCUT2D eigenvalue weighted by atomic mass is 9.93. The molecule has 0 bridgehead atoms. The van der Waals surface area contributed by atoms with Gasteiger partial charge in [0.05, 0.1) is 39.6 Å². The lowest BCUT2D eigenvalue weighted by Crippen LogP contribution is -2.42. The summed E-state index contributed by atoms with van der Waals surface area (Å²) in [6.45, 7) is 12.4. The van der Waals surface area contributed by atoms with Gasteiger partial charge in [-0.05, 0) is 78.6 Å². The minimum atomic E-state index is -0.553. The van der Waals surface area contributed by atoms with Crippen LogP contribution < -0.4 is 10.6 Å². The van der Waals surface area contributed by atoms with E-state index in [1.807, 2.05) is 12.1 Å². The highest BCUT2D eigenvalue weighted by atomic mass is 16.6. The first-order valence-electron chi connectivity index (χ1n) is 19.6. The Morgan fingerprint density at radius 1 is 0.754 bits per heavy atom. The van der Waals surface area contributed by atoms with Gasteiger partial charge in [-0.15, -0.1) is 0 Å². The molecule has 3 amide bonds. The highest BCUT2D eigenvalue weighted by Crippen LogP contribution is 2.34. The molecule has 0 unspecified atom stereocenters. The topological polar surface area (TPSA) is 132 Å². The molecule has 5 aromatic rings. The van der Waals surface area contributed by atoms with Crippen LogP contribution in [0.2, 0.25) is 0 Å². The maximum Gasteiger partial charge on any atom is 0.407 e. The standard InChI is InChI=1S/C27H35N3O7.C16H14O.C3H8/c1-27(2,3)37-26(34)29-12-15-35-17-18-36-16-13-30-24(32)20-8-6-7-19-22(28-11-4-5-14-31)10-9-21(23(19)20)25(30)33;1-17-11-16-14-8-4-2-6-12(14)10-13-7-3-5-9-15(13)16;1-3-2/h6-10,14,28H,4-5,11-13,15-18H2,1-3H3,(H,29,34);2-10H,11H2,1H3;3H2,1-2H3. The average molecular weight is 780 g/mol. The predicted octanol–water partition coefficient (Wildman–Crippen LogP) is 8.94. The summed E-state index contributed by atoms with van der Waals surface area (Å²) in [7, 11) is 1.75. The normalized spacial score (nSPS) is 12.1. The van der Waals surface area contributed by atoms with Gasteiger partial charge in [-0.1, -0.05) is 80.9 Å². The molecule has 0 aromatic heterocycles. The Bertz CT molecular complexity index is 2030. The molecule has 1 aliphatic rings. The smallest absolute Gasteiger partial charge is 0.407 e. The molecule has 57 heavy (non-hydrogen) atoms. The number of benzene rings is 5. The van der Waals surface area contributed by atoms with E-state index >= 15 is 0 Å². The second-order valence-electron chi connectivity index (χ2n) is 14.5. The second kappa shape index (κ2) is 22.4. The van der Waals surface area contributed by atoms with Crippen LogP contribution in [0, 0.1) is 0 Å². The van der Waals surface area contributed by atoms with Crippen LogP contribution in [-0.4, -0.2) is 87.9 Å². The van der Waals surface area contributed by atoms with Gasteiger partial charge in [0.1, 0.15) is 11.9 Å². The van der Waals surface area contributed by atoms with Crippen LogP contribution in [0.15, 0.2) is 84.9 Å². The summed E-state index contributed by atoms with van der Waals surface area (Å²) in [4.78, 5) is 49.6. The third-order valence-corrected chi connectivity index (χ3v) is 8.72. The summed E-state index contributed by atoms with van der Waals surface area (Å²) in [6, 6.07) is 28.2. The maximum absolute atomic E-state index is 13.1. The minimum Gasteiger partial charge on any atom is -0.444 e. The first-order chi connectivity index (χ1) is 27.5. The average Bonchev–Trinajstić information content (AvgIpc) is 3.19. The lowest BCUT2D eigenvalue weighted by molar-refractivity contribution is -0.107. The predicted molar refractivity (Wildman–Crippen MR) is 227 cm³/mol. The SMILES string of the molecule is CC(C)(C)OC(=O)NCCOCCOCCN1C(=O)c2cccc3c(NCCCC=O)ccc(c23)C1=O.CCC.COCc1c2ccccc2cc2ccccc12. The molecule has 6 rings (SSSR count). The lowest BCUT2D eigenvalue weighted by Gasteiger charge is -2.27. The Hall–Kier alpha value is -5.36. The number of methoxy groups -OCH3 is 1. The zero-order valence-electron chi connectivity index (χ0n) is 34.2. The number of anilines is 1. The number of imide groups is 1. The van der Waals surface area contributed by atoms with E-state index in [1.54, 1.807) is 46.1 Å². The van der Waals surface area contributed by atoms with Crippen LogP contribution in [-0.2, 0) is 30.3 Å². The van der Waals surface area contributed by atoms with Gasteiger partial charge in [0.2, 0.25) is 0 Å². The van der Waals surface area contributed by atoms with Crippen LogP contribution in [0.1, 0.15) is 80.2 Å². The van der Waals surface area contributed by atoms with E-state index in [1.165, 1.54) is 38.4 Å². The van der Waals surface area contributed by atoms with Gasteiger partial charge in [0.15, 0.2) is 0 Å². The van der Waals surface area contributed by atoms with E-state index < -0.39 is 11.7 Å². The van der Waals surface area contributed by atoms with E-state index in [0.29, 0.717) is 62.3 Å². The fraction of sp³-hybridized carbons (Fsp3) is 0.391. The number of carbonyl (C=O) groups excluding carboxylic acids is 4. The van der Waals surface area contributed by atoms with Crippen molar-refractivity contribution in [2.75, 3.05) is 58.5 Å². The van der Waals surface area contributed by atoms with E-state index in [4.69, 9.17) is 18.9 Å². The summed E-state index contributed by atoms with van der Waals surface area (Å²) >= 11 is 0. The molecular weight excluding hydrogens is 723 g/mol. The molecule has 1 heterocycles. The van der Waals surface area contributed by atoms with E-state index in [-0.39, 0.29) is 31.6 Å². The minimum absolute atomic E-state index is 0.124. The summed E-state index contributed by atoms with van der Waals surface area (Å²) in [6.07, 6.45) is 2.81. The number of aldehydes is 1. The largest absolute Gasteiger partial charge is 0.444 e. The molecule has 0 spiro atoms. The monoisotopic (exact) mass is 779 g/mol.